The molecule has 0 saturated heterocycles. The topological polar surface area (TPSA) is 64.1 Å². The minimum absolute atomic E-state index is 0.180. The number of hydrogen-bond acceptors (Lipinski definition) is 6. The third-order valence-electron chi connectivity index (χ3n) is 3.74. The second kappa shape index (κ2) is 5.85. The molecule has 0 aliphatic heterocycles. The molecule has 0 atom stereocenters. The maximum absolute atomic E-state index is 12.5. The van der Waals surface area contributed by atoms with E-state index in [0.29, 0.717) is 16.4 Å². The Hall–Kier alpha value is -2.51. The van der Waals surface area contributed by atoms with E-state index < -0.39 is 0 Å². The number of anilines is 1. The number of amides is 1. The number of rotatable bonds is 3. The number of ether oxygens (including phenoxy) is 1. The average Bonchev–Trinajstić information content (AvgIpc) is 3.21. The van der Waals surface area contributed by atoms with Crippen LogP contribution in [0.3, 0.4) is 0 Å². The highest BCUT2D eigenvalue weighted by molar-refractivity contribution is 7.22. The maximum Gasteiger partial charge on any atom is 0.257 e. The number of carbonyl (C=O) groups excluding carboxylic acids is 1. The van der Waals surface area contributed by atoms with E-state index in [-0.39, 0.29) is 5.91 Å². The minimum Gasteiger partial charge on any atom is -0.494 e. The first-order chi connectivity index (χ1) is 11.7. The fraction of sp³-hybridized carbons (Fsp3) is 0.118. The molecule has 0 aliphatic carbocycles. The Kier molecular flexibility index (Phi) is 3.66. The van der Waals surface area contributed by atoms with Gasteiger partial charge in [-0.1, -0.05) is 17.4 Å². The van der Waals surface area contributed by atoms with Gasteiger partial charge in [-0.2, -0.15) is 0 Å². The predicted octanol–water partition coefficient (Wildman–Crippen LogP) is 4.48. The highest BCUT2D eigenvalue weighted by Gasteiger charge is 2.14. The number of fused-ring (bicyclic) bond motifs is 2. The Labute approximate surface area is 145 Å². The molecule has 0 saturated carbocycles. The number of aromatic nitrogens is 2. The van der Waals surface area contributed by atoms with Gasteiger partial charge in [-0.25, -0.2) is 9.97 Å². The van der Waals surface area contributed by atoms with Gasteiger partial charge in [0.2, 0.25) is 0 Å². The number of aryl methyl sites for hydroxylation is 1. The Morgan fingerprint density at radius 1 is 1.25 bits per heavy atom. The van der Waals surface area contributed by atoms with E-state index in [0.717, 1.165) is 26.0 Å². The van der Waals surface area contributed by atoms with Gasteiger partial charge in [-0.05, 0) is 36.8 Å². The standard InChI is InChI=1S/C17H13N3O2S2/c1-9-3-6-12(22-2)14-15(9)24-17(19-14)20-16(21)10-4-5-11-13(7-10)23-8-18-11/h3-8H,1-2H3,(H,19,20,21). The van der Waals surface area contributed by atoms with Gasteiger partial charge in [0.1, 0.15) is 11.3 Å². The smallest absolute Gasteiger partial charge is 0.257 e. The minimum atomic E-state index is -0.180. The molecule has 0 bridgehead atoms. The average molecular weight is 355 g/mol. The van der Waals surface area contributed by atoms with E-state index in [2.05, 4.69) is 15.3 Å². The van der Waals surface area contributed by atoms with Crippen molar-refractivity contribution in [2.24, 2.45) is 0 Å². The first kappa shape index (κ1) is 15.0. The molecule has 2 aromatic carbocycles. The number of methoxy groups -OCH3 is 1. The van der Waals surface area contributed by atoms with Gasteiger partial charge in [-0.15, -0.1) is 11.3 Å². The highest BCUT2D eigenvalue weighted by Crippen LogP contribution is 2.34. The number of carbonyl (C=O) groups is 1. The van der Waals surface area contributed by atoms with E-state index in [1.165, 1.54) is 22.7 Å². The Morgan fingerprint density at radius 3 is 2.96 bits per heavy atom. The van der Waals surface area contributed by atoms with Gasteiger partial charge in [0.25, 0.3) is 5.91 Å². The van der Waals surface area contributed by atoms with Crippen LogP contribution in [0.15, 0.2) is 35.8 Å². The lowest BCUT2D eigenvalue weighted by Crippen LogP contribution is -2.11. The van der Waals surface area contributed by atoms with E-state index in [9.17, 15) is 4.79 Å². The SMILES string of the molecule is COc1ccc(C)c2sc(NC(=O)c3ccc4ncsc4c3)nc12. The molecule has 0 unspecified atom stereocenters. The van der Waals surface area contributed by atoms with Crippen molar-refractivity contribution in [2.75, 3.05) is 12.4 Å². The van der Waals surface area contributed by atoms with Crippen LogP contribution in [-0.4, -0.2) is 23.0 Å². The molecule has 0 aliphatic rings. The van der Waals surface area contributed by atoms with Crippen LogP contribution < -0.4 is 10.1 Å². The molecular formula is C17H13N3O2S2. The summed E-state index contributed by atoms with van der Waals surface area (Å²) in [5.41, 5.74) is 5.15. The van der Waals surface area contributed by atoms with Crippen molar-refractivity contribution < 1.29 is 9.53 Å². The lowest BCUT2D eigenvalue weighted by atomic mass is 10.2. The van der Waals surface area contributed by atoms with Crippen molar-refractivity contribution in [1.29, 1.82) is 0 Å². The molecule has 0 fully saturated rings. The molecule has 5 nitrogen and oxygen atoms in total. The molecule has 120 valence electrons. The summed E-state index contributed by atoms with van der Waals surface area (Å²) < 4.78 is 7.36. The van der Waals surface area contributed by atoms with Crippen molar-refractivity contribution in [3.8, 4) is 5.75 Å². The van der Waals surface area contributed by atoms with Crippen molar-refractivity contribution in [3.63, 3.8) is 0 Å². The van der Waals surface area contributed by atoms with Crippen molar-refractivity contribution in [3.05, 3.63) is 47.0 Å². The summed E-state index contributed by atoms with van der Waals surface area (Å²) in [5.74, 6) is 0.527. The summed E-state index contributed by atoms with van der Waals surface area (Å²) in [6, 6.07) is 9.35. The number of nitrogens with one attached hydrogen (secondary N) is 1. The van der Waals surface area contributed by atoms with E-state index >= 15 is 0 Å². The fourth-order valence-corrected chi connectivity index (χ4v) is 4.16. The van der Waals surface area contributed by atoms with E-state index in [1.807, 2.05) is 31.2 Å². The molecule has 4 rings (SSSR count). The Bertz CT molecular complexity index is 1070. The fourth-order valence-electron chi connectivity index (χ4n) is 2.49. The number of nitrogens with zero attached hydrogens (tertiary/aromatic N) is 2. The molecule has 2 aromatic heterocycles. The molecule has 1 N–H and O–H groups in total. The molecule has 4 aromatic rings. The molecule has 24 heavy (non-hydrogen) atoms. The van der Waals surface area contributed by atoms with Gasteiger partial charge in [0.05, 0.1) is 27.5 Å². The number of hydrogen-bond donors (Lipinski definition) is 1. The quantitative estimate of drug-likeness (QED) is 0.589. The number of thiazole rings is 2. The van der Waals surface area contributed by atoms with Crippen LogP contribution in [0.2, 0.25) is 0 Å². The van der Waals surface area contributed by atoms with Crippen LogP contribution >= 0.6 is 22.7 Å². The lowest BCUT2D eigenvalue weighted by Gasteiger charge is -2.01. The maximum atomic E-state index is 12.5. The number of benzene rings is 2. The molecule has 0 radical (unpaired) electrons. The van der Waals surface area contributed by atoms with Crippen LogP contribution in [0, 0.1) is 6.92 Å². The normalized spacial score (nSPS) is 11.1. The van der Waals surface area contributed by atoms with Crippen LogP contribution in [0.25, 0.3) is 20.4 Å². The van der Waals surface area contributed by atoms with Gasteiger partial charge in [0, 0.05) is 5.56 Å². The van der Waals surface area contributed by atoms with Crippen LogP contribution in [-0.2, 0) is 0 Å². The molecule has 2 heterocycles. The van der Waals surface area contributed by atoms with E-state index in [1.54, 1.807) is 18.7 Å². The van der Waals surface area contributed by atoms with Crippen molar-refractivity contribution in [1.82, 2.24) is 9.97 Å². The summed E-state index contributed by atoms with van der Waals surface area (Å²) >= 11 is 2.96. The van der Waals surface area contributed by atoms with Crippen LogP contribution in [0.4, 0.5) is 5.13 Å². The molecule has 1 amide bonds. The zero-order chi connectivity index (χ0) is 16.7. The van der Waals surface area contributed by atoms with Crippen LogP contribution in [0.5, 0.6) is 5.75 Å². The summed E-state index contributed by atoms with van der Waals surface area (Å²) in [6.45, 7) is 2.02. The summed E-state index contributed by atoms with van der Waals surface area (Å²) in [5, 5.41) is 3.44. The van der Waals surface area contributed by atoms with Gasteiger partial charge in [0.15, 0.2) is 5.13 Å². The zero-order valence-corrected chi connectivity index (χ0v) is 14.6. The van der Waals surface area contributed by atoms with Gasteiger partial charge in [-0.3, -0.25) is 10.1 Å². The summed E-state index contributed by atoms with van der Waals surface area (Å²) in [7, 11) is 1.62. The lowest BCUT2D eigenvalue weighted by molar-refractivity contribution is 0.102. The first-order valence-electron chi connectivity index (χ1n) is 7.24. The summed E-state index contributed by atoms with van der Waals surface area (Å²) in [4.78, 5) is 21.2. The van der Waals surface area contributed by atoms with Crippen LogP contribution in [0.1, 0.15) is 15.9 Å². The molecule has 0 spiro atoms. The van der Waals surface area contributed by atoms with Crippen molar-refractivity contribution >= 4 is 54.1 Å². The predicted molar refractivity (Wildman–Crippen MR) is 98.5 cm³/mol. The third-order valence-corrected chi connectivity index (χ3v) is 5.64. The first-order valence-corrected chi connectivity index (χ1v) is 8.94. The monoisotopic (exact) mass is 355 g/mol. The largest absolute Gasteiger partial charge is 0.494 e. The second-order valence-electron chi connectivity index (χ2n) is 5.27. The second-order valence-corrected chi connectivity index (χ2v) is 7.16. The van der Waals surface area contributed by atoms with Gasteiger partial charge < -0.3 is 4.74 Å². The third kappa shape index (κ3) is 2.51. The zero-order valence-electron chi connectivity index (χ0n) is 13.0. The Balaban J connectivity index is 1.68. The molecular weight excluding hydrogens is 342 g/mol. The Morgan fingerprint density at radius 2 is 2.12 bits per heavy atom. The highest BCUT2D eigenvalue weighted by atomic mass is 32.1. The van der Waals surface area contributed by atoms with Crippen molar-refractivity contribution in [2.45, 2.75) is 6.92 Å². The molecule has 7 heteroatoms. The van der Waals surface area contributed by atoms with E-state index in [4.69, 9.17) is 4.74 Å². The summed E-state index contributed by atoms with van der Waals surface area (Å²) in [6.07, 6.45) is 0. The van der Waals surface area contributed by atoms with Gasteiger partial charge >= 0.3 is 0 Å².